The van der Waals surface area contributed by atoms with Gasteiger partial charge in [-0.2, -0.15) is 5.26 Å². The maximum atomic E-state index is 9.00. The van der Waals surface area contributed by atoms with Crippen molar-refractivity contribution >= 4 is 0 Å². The molecule has 17 heavy (non-hydrogen) atoms. The van der Waals surface area contributed by atoms with Crippen molar-refractivity contribution in [3.63, 3.8) is 0 Å². The zero-order valence-corrected chi connectivity index (χ0v) is 11.3. The van der Waals surface area contributed by atoms with Gasteiger partial charge in [-0.1, -0.05) is 6.92 Å². The standard InChI is InChI=1S/C13H25N3O/c1-4-13(15,10-14)6-5-7-16-8-11(2)17-12(3)9-16/h11-12H,4-9,15H2,1-3H3. The van der Waals surface area contributed by atoms with Crippen LogP contribution in [0.1, 0.15) is 40.0 Å². The second kappa shape index (κ2) is 6.34. The van der Waals surface area contributed by atoms with Gasteiger partial charge in [-0.15, -0.1) is 0 Å². The van der Waals surface area contributed by atoms with Gasteiger partial charge in [0.05, 0.1) is 18.3 Å². The Morgan fingerprint density at radius 1 is 1.41 bits per heavy atom. The molecule has 0 radical (unpaired) electrons. The lowest BCUT2D eigenvalue weighted by Crippen LogP contribution is -2.46. The number of ether oxygens (including phenoxy) is 1. The zero-order valence-electron chi connectivity index (χ0n) is 11.3. The first-order valence-electron chi connectivity index (χ1n) is 6.57. The monoisotopic (exact) mass is 239 g/mol. The molecule has 1 heterocycles. The van der Waals surface area contributed by atoms with Gasteiger partial charge in [0.25, 0.3) is 0 Å². The third-order valence-electron chi connectivity index (χ3n) is 3.45. The Hall–Kier alpha value is -0.630. The summed E-state index contributed by atoms with van der Waals surface area (Å²) < 4.78 is 5.69. The van der Waals surface area contributed by atoms with E-state index in [1.807, 2.05) is 6.92 Å². The van der Waals surface area contributed by atoms with Crippen LogP contribution in [-0.4, -0.2) is 42.3 Å². The summed E-state index contributed by atoms with van der Waals surface area (Å²) in [5.41, 5.74) is 5.33. The molecule has 1 fully saturated rings. The average Bonchev–Trinajstić information content (AvgIpc) is 2.27. The molecule has 1 aliphatic rings. The Labute approximate surface area is 105 Å². The van der Waals surface area contributed by atoms with E-state index in [1.165, 1.54) is 0 Å². The quantitative estimate of drug-likeness (QED) is 0.790. The molecule has 98 valence electrons. The fourth-order valence-corrected chi connectivity index (χ4v) is 2.40. The molecule has 3 atom stereocenters. The van der Waals surface area contributed by atoms with Crippen molar-refractivity contribution in [2.45, 2.75) is 57.8 Å². The third kappa shape index (κ3) is 4.63. The van der Waals surface area contributed by atoms with Gasteiger partial charge in [0.2, 0.25) is 0 Å². The fraction of sp³-hybridized carbons (Fsp3) is 0.923. The molecular formula is C13H25N3O. The molecule has 0 aromatic carbocycles. The van der Waals surface area contributed by atoms with Crippen LogP contribution >= 0.6 is 0 Å². The summed E-state index contributed by atoms with van der Waals surface area (Å²) in [5, 5.41) is 9.00. The number of nitrogens with two attached hydrogens (primary N) is 1. The second-order valence-electron chi connectivity index (χ2n) is 5.24. The van der Waals surface area contributed by atoms with Gasteiger partial charge >= 0.3 is 0 Å². The first-order chi connectivity index (χ1) is 7.99. The average molecular weight is 239 g/mol. The zero-order chi connectivity index (χ0) is 12.9. The van der Waals surface area contributed by atoms with Gasteiger partial charge in [0.15, 0.2) is 0 Å². The van der Waals surface area contributed by atoms with Gasteiger partial charge in [0, 0.05) is 13.1 Å². The molecule has 0 spiro atoms. The molecule has 0 aliphatic carbocycles. The highest BCUT2D eigenvalue weighted by Gasteiger charge is 2.24. The minimum atomic E-state index is -0.635. The van der Waals surface area contributed by atoms with E-state index >= 15 is 0 Å². The van der Waals surface area contributed by atoms with E-state index in [9.17, 15) is 0 Å². The summed E-state index contributed by atoms with van der Waals surface area (Å²) in [7, 11) is 0. The number of nitriles is 1. The highest BCUT2D eigenvalue weighted by Crippen LogP contribution is 2.15. The molecule has 0 saturated carbocycles. The Morgan fingerprint density at radius 3 is 2.47 bits per heavy atom. The van der Waals surface area contributed by atoms with Crippen LogP contribution < -0.4 is 5.73 Å². The summed E-state index contributed by atoms with van der Waals surface area (Å²) in [6.07, 6.45) is 3.10. The van der Waals surface area contributed by atoms with E-state index in [0.717, 1.165) is 38.9 Å². The van der Waals surface area contributed by atoms with Crippen LogP contribution in [0.2, 0.25) is 0 Å². The molecular weight excluding hydrogens is 214 g/mol. The minimum Gasteiger partial charge on any atom is -0.373 e. The number of nitrogens with zero attached hydrogens (tertiary/aromatic N) is 2. The molecule has 1 aliphatic heterocycles. The summed E-state index contributed by atoms with van der Waals surface area (Å²) in [5.74, 6) is 0. The van der Waals surface area contributed by atoms with Gasteiger partial charge in [0.1, 0.15) is 5.54 Å². The lowest BCUT2D eigenvalue weighted by Gasteiger charge is -2.35. The van der Waals surface area contributed by atoms with E-state index in [-0.39, 0.29) is 0 Å². The molecule has 1 saturated heterocycles. The largest absolute Gasteiger partial charge is 0.373 e. The molecule has 0 bridgehead atoms. The first-order valence-corrected chi connectivity index (χ1v) is 6.57. The highest BCUT2D eigenvalue weighted by molar-refractivity contribution is 5.03. The lowest BCUT2D eigenvalue weighted by molar-refractivity contribution is -0.0683. The van der Waals surface area contributed by atoms with Gasteiger partial charge in [-0.25, -0.2) is 0 Å². The number of hydrogen-bond donors (Lipinski definition) is 1. The van der Waals surface area contributed by atoms with E-state index in [1.54, 1.807) is 0 Å². The maximum Gasteiger partial charge on any atom is 0.104 e. The fourth-order valence-electron chi connectivity index (χ4n) is 2.40. The van der Waals surface area contributed by atoms with Crippen molar-refractivity contribution in [3.8, 4) is 6.07 Å². The summed E-state index contributed by atoms with van der Waals surface area (Å²) in [6.45, 7) is 9.18. The Kier molecular flexibility index (Phi) is 5.38. The van der Waals surface area contributed by atoms with E-state index in [2.05, 4.69) is 24.8 Å². The van der Waals surface area contributed by atoms with E-state index in [0.29, 0.717) is 12.2 Å². The maximum absolute atomic E-state index is 9.00. The molecule has 4 nitrogen and oxygen atoms in total. The molecule has 0 amide bonds. The van der Waals surface area contributed by atoms with Crippen molar-refractivity contribution in [3.05, 3.63) is 0 Å². The molecule has 1 rings (SSSR count). The minimum absolute atomic E-state index is 0.309. The van der Waals surface area contributed by atoms with Crippen molar-refractivity contribution in [2.24, 2.45) is 5.73 Å². The third-order valence-corrected chi connectivity index (χ3v) is 3.45. The summed E-state index contributed by atoms with van der Waals surface area (Å²) in [6, 6.07) is 2.22. The number of morpholine rings is 1. The predicted octanol–water partition coefficient (Wildman–Crippen LogP) is 1.51. The van der Waals surface area contributed by atoms with Gasteiger partial charge < -0.3 is 10.5 Å². The van der Waals surface area contributed by atoms with Crippen LogP contribution in [0.15, 0.2) is 0 Å². The summed E-state index contributed by atoms with van der Waals surface area (Å²) >= 11 is 0. The van der Waals surface area contributed by atoms with E-state index < -0.39 is 5.54 Å². The topological polar surface area (TPSA) is 62.3 Å². The van der Waals surface area contributed by atoms with Gasteiger partial charge in [-0.3, -0.25) is 4.90 Å². The Balaban J connectivity index is 2.29. The van der Waals surface area contributed by atoms with Crippen LogP contribution in [0, 0.1) is 11.3 Å². The van der Waals surface area contributed by atoms with Crippen molar-refractivity contribution < 1.29 is 4.74 Å². The molecule has 0 aromatic rings. The molecule has 3 unspecified atom stereocenters. The van der Waals surface area contributed by atoms with Gasteiger partial charge in [-0.05, 0) is 39.7 Å². The van der Waals surface area contributed by atoms with Crippen LogP contribution in [0.3, 0.4) is 0 Å². The SMILES string of the molecule is CCC(N)(C#N)CCCN1CC(C)OC(C)C1. The Bertz CT molecular complexity index is 266. The second-order valence-corrected chi connectivity index (χ2v) is 5.24. The van der Waals surface area contributed by atoms with Crippen LogP contribution in [0.25, 0.3) is 0 Å². The highest BCUT2D eigenvalue weighted by atomic mass is 16.5. The smallest absolute Gasteiger partial charge is 0.104 e. The summed E-state index contributed by atoms with van der Waals surface area (Å²) in [4.78, 5) is 2.41. The van der Waals surface area contributed by atoms with Crippen LogP contribution in [0.4, 0.5) is 0 Å². The Morgan fingerprint density at radius 2 is 2.00 bits per heavy atom. The predicted molar refractivity (Wildman–Crippen MR) is 68.5 cm³/mol. The van der Waals surface area contributed by atoms with Crippen molar-refractivity contribution in [1.29, 1.82) is 5.26 Å². The molecule has 2 N–H and O–H groups in total. The van der Waals surface area contributed by atoms with Crippen molar-refractivity contribution in [2.75, 3.05) is 19.6 Å². The number of rotatable bonds is 5. The van der Waals surface area contributed by atoms with E-state index in [4.69, 9.17) is 15.7 Å². The first kappa shape index (κ1) is 14.4. The van der Waals surface area contributed by atoms with Crippen LogP contribution in [0.5, 0.6) is 0 Å². The molecule has 0 aromatic heterocycles. The number of hydrogen-bond acceptors (Lipinski definition) is 4. The molecule has 4 heteroatoms. The normalized spacial score (nSPS) is 29.6. The lowest BCUT2D eigenvalue weighted by atomic mass is 9.93. The van der Waals surface area contributed by atoms with Crippen LogP contribution in [-0.2, 0) is 4.74 Å². The van der Waals surface area contributed by atoms with Crippen molar-refractivity contribution in [1.82, 2.24) is 4.90 Å².